The molecule has 0 aliphatic heterocycles. The summed E-state index contributed by atoms with van der Waals surface area (Å²) in [4.78, 5) is 26.1. The molecule has 0 aromatic heterocycles. The van der Waals surface area contributed by atoms with E-state index in [1.54, 1.807) is 6.92 Å². The predicted octanol–water partition coefficient (Wildman–Crippen LogP) is 5.45. The van der Waals surface area contributed by atoms with Crippen molar-refractivity contribution in [2.24, 2.45) is 5.92 Å². The number of hydrogen-bond acceptors (Lipinski definition) is 5. The molecule has 1 amide bonds. The van der Waals surface area contributed by atoms with E-state index in [2.05, 4.69) is 0 Å². The lowest BCUT2D eigenvalue weighted by atomic mass is 9.89. The van der Waals surface area contributed by atoms with Gasteiger partial charge < -0.3 is 24.2 Å². The Kier molecular flexibility index (Phi) is 11.0. The van der Waals surface area contributed by atoms with Crippen LogP contribution >= 0.6 is 0 Å². The predicted molar refractivity (Wildman–Crippen MR) is 130 cm³/mol. The quantitative estimate of drug-likeness (QED) is 0.433. The molecule has 190 valence electrons. The van der Waals surface area contributed by atoms with Gasteiger partial charge in [-0.3, -0.25) is 0 Å². The minimum absolute atomic E-state index is 0.0508. The number of hydrogen-bond donors (Lipinski definition) is 1. The van der Waals surface area contributed by atoms with E-state index in [9.17, 15) is 14.7 Å². The van der Waals surface area contributed by atoms with Crippen molar-refractivity contribution in [2.75, 3.05) is 26.3 Å². The van der Waals surface area contributed by atoms with Crippen molar-refractivity contribution in [1.82, 2.24) is 4.90 Å². The zero-order valence-electron chi connectivity index (χ0n) is 20.6. The minimum atomic E-state index is -0.958. The van der Waals surface area contributed by atoms with Gasteiger partial charge in [-0.15, -0.1) is 0 Å². The Bertz CT molecular complexity index is 740. The largest absolute Gasteiger partial charge is 0.492 e. The van der Waals surface area contributed by atoms with E-state index in [-0.39, 0.29) is 12.2 Å². The van der Waals surface area contributed by atoms with E-state index in [1.165, 1.54) is 38.5 Å². The van der Waals surface area contributed by atoms with Gasteiger partial charge in [-0.2, -0.15) is 0 Å². The number of carbonyl (C=O) groups excluding carboxylic acids is 1. The third-order valence-electron chi connectivity index (χ3n) is 6.90. The lowest BCUT2D eigenvalue weighted by molar-refractivity contribution is -0.149. The average molecular weight is 476 g/mol. The van der Waals surface area contributed by atoms with Crippen molar-refractivity contribution >= 4 is 12.1 Å². The van der Waals surface area contributed by atoms with Crippen molar-refractivity contribution in [3.8, 4) is 5.75 Å². The Morgan fingerprint density at radius 2 is 1.65 bits per heavy atom. The fourth-order valence-corrected chi connectivity index (χ4v) is 4.97. The molecule has 2 aliphatic rings. The number of carboxylic acids is 1. The van der Waals surface area contributed by atoms with Crippen LogP contribution in [-0.2, 0) is 20.7 Å². The van der Waals surface area contributed by atoms with E-state index in [1.807, 2.05) is 29.2 Å². The van der Waals surface area contributed by atoms with Crippen LogP contribution < -0.4 is 4.74 Å². The molecule has 1 aromatic rings. The van der Waals surface area contributed by atoms with E-state index >= 15 is 0 Å². The Morgan fingerprint density at radius 1 is 1.00 bits per heavy atom. The standard InChI is InChI=1S/C27H41NO6/c1-2-32-25(26(29)30)19-21-13-15-23(16-14-21)33-18-17-28(20-22-9-5-3-6-10-22)27(31)34-24-11-7-4-8-12-24/h13-16,22,24-25H,2-12,17-20H2,1H3,(H,29,30). The molecule has 1 N–H and O–H groups in total. The molecule has 7 nitrogen and oxygen atoms in total. The fraction of sp³-hybridized carbons (Fsp3) is 0.704. The summed E-state index contributed by atoms with van der Waals surface area (Å²) in [5, 5.41) is 9.26. The van der Waals surface area contributed by atoms with Gasteiger partial charge in [-0.1, -0.05) is 37.8 Å². The first-order valence-electron chi connectivity index (χ1n) is 13.1. The summed E-state index contributed by atoms with van der Waals surface area (Å²) in [6.07, 6.45) is 10.9. The maximum absolute atomic E-state index is 13.0. The lowest BCUT2D eigenvalue weighted by Crippen LogP contribution is -2.41. The fourth-order valence-electron chi connectivity index (χ4n) is 4.97. The van der Waals surface area contributed by atoms with Crippen LogP contribution in [0.2, 0.25) is 0 Å². The highest BCUT2D eigenvalue weighted by Crippen LogP contribution is 2.26. The van der Waals surface area contributed by atoms with Crippen LogP contribution in [0.25, 0.3) is 0 Å². The van der Waals surface area contributed by atoms with Crippen molar-refractivity contribution < 1.29 is 28.9 Å². The minimum Gasteiger partial charge on any atom is -0.492 e. The number of aliphatic carboxylic acids is 1. The van der Waals surface area contributed by atoms with Crippen LogP contribution in [-0.4, -0.2) is 60.6 Å². The first-order valence-corrected chi connectivity index (χ1v) is 13.1. The van der Waals surface area contributed by atoms with Crippen molar-refractivity contribution in [3.05, 3.63) is 29.8 Å². The van der Waals surface area contributed by atoms with E-state index in [0.717, 1.165) is 37.8 Å². The summed E-state index contributed by atoms with van der Waals surface area (Å²) >= 11 is 0. The van der Waals surface area contributed by atoms with Crippen molar-refractivity contribution in [3.63, 3.8) is 0 Å². The number of amides is 1. The summed E-state index contributed by atoms with van der Waals surface area (Å²) < 4.78 is 17.1. The molecule has 0 heterocycles. The van der Waals surface area contributed by atoms with Crippen LogP contribution in [0.5, 0.6) is 5.75 Å². The van der Waals surface area contributed by atoms with E-state index < -0.39 is 12.1 Å². The highest BCUT2D eigenvalue weighted by Gasteiger charge is 2.25. The molecular formula is C27H41NO6. The van der Waals surface area contributed by atoms with Gasteiger partial charge in [0.1, 0.15) is 18.5 Å². The van der Waals surface area contributed by atoms with Gasteiger partial charge in [-0.05, 0) is 69.1 Å². The van der Waals surface area contributed by atoms with Gasteiger partial charge in [0.05, 0.1) is 6.54 Å². The van der Waals surface area contributed by atoms with E-state index in [0.29, 0.717) is 37.8 Å². The number of rotatable bonds is 12. The molecule has 1 atom stereocenters. The second-order valence-electron chi connectivity index (χ2n) is 9.57. The SMILES string of the molecule is CCOC(Cc1ccc(OCCN(CC2CCCCC2)C(=O)OC2CCCCC2)cc1)C(=O)O. The number of benzene rings is 1. The first kappa shape index (κ1) is 26.3. The highest BCUT2D eigenvalue weighted by molar-refractivity contribution is 5.72. The Morgan fingerprint density at radius 3 is 2.26 bits per heavy atom. The molecule has 2 fully saturated rings. The number of ether oxygens (including phenoxy) is 3. The number of nitrogens with zero attached hydrogens (tertiary/aromatic N) is 1. The normalized spacial score (nSPS) is 18.3. The molecule has 0 saturated heterocycles. The third-order valence-corrected chi connectivity index (χ3v) is 6.90. The van der Waals surface area contributed by atoms with Gasteiger partial charge in [0.15, 0.2) is 6.10 Å². The van der Waals surface area contributed by atoms with Gasteiger partial charge >= 0.3 is 12.1 Å². The van der Waals surface area contributed by atoms with E-state index in [4.69, 9.17) is 14.2 Å². The van der Waals surface area contributed by atoms with Gasteiger partial charge in [-0.25, -0.2) is 9.59 Å². The second-order valence-corrected chi connectivity index (χ2v) is 9.57. The van der Waals surface area contributed by atoms with Crippen LogP contribution in [0.15, 0.2) is 24.3 Å². The van der Waals surface area contributed by atoms with Crippen LogP contribution in [0.1, 0.15) is 76.7 Å². The molecule has 3 rings (SSSR count). The summed E-state index contributed by atoms with van der Waals surface area (Å²) in [5.74, 6) is 0.283. The first-order chi connectivity index (χ1) is 16.5. The van der Waals surface area contributed by atoms with Crippen LogP contribution in [0, 0.1) is 5.92 Å². The molecule has 0 bridgehead atoms. The number of carbonyl (C=O) groups is 2. The zero-order valence-corrected chi connectivity index (χ0v) is 20.6. The molecule has 2 saturated carbocycles. The van der Waals surface area contributed by atoms with Crippen molar-refractivity contribution in [1.29, 1.82) is 0 Å². The maximum Gasteiger partial charge on any atom is 0.410 e. The highest BCUT2D eigenvalue weighted by atomic mass is 16.6. The molecule has 1 aromatic carbocycles. The molecular weight excluding hydrogens is 434 g/mol. The van der Waals surface area contributed by atoms with Gasteiger partial charge in [0.25, 0.3) is 0 Å². The third kappa shape index (κ3) is 8.82. The molecule has 0 spiro atoms. The molecule has 7 heteroatoms. The molecule has 34 heavy (non-hydrogen) atoms. The van der Waals surface area contributed by atoms with Crippen LogP contribution in [0.3, 0.4) is 0 Å². The maximum atomic E-state index is 13.0. The zero-order chi connectivity index (χ0) is 24.2. The Labute approximate surface area is 203 Å². The molecule has 1 unspecified atom stereocenters. The molecule has 0 radical (unpaired) electrons. The smallest absolute Gasteiger partial charge is 0.410 e. The Balaban J connectivity index is 1.50. The monoisotopic (exact) mass is 475 g/mol. The van der Waals surface area contributed by atoms with Gasteiger partial charge in [0.2, 0.25) is 0 Å². The summed E-state index contributed by atoms with van der Waals surface area (Å²) in [7, 11) is 0. The number of carboxylic acid groups (broad SMARTS) is 1. The summed E-state index contributed by atoms with van der Waals surface area (Å²) in [6, 6.07) is 7.40. The van der Waals surface area contributed by atoms with Crippen LogP contribution in [0.4, 0.5) is 4.79 Å². The summed E-state index contributed by atoms with van der Waals surface area (Å²) in [5.41, 5.74) is 0.878. The molecule has 2 aliphatic carbocycles. The topological polar surface area (TPSA) is 85.3 Å². The lowest BCUT2D eigenvalue weighted by Gasteiger charge is -2.31. The Hall–Kier alpha value is -2.28. The average Bonchev–Trinajstić information content (AvgIpc) is 2.85. The summed E-state index contributed by atoms with van der Waals surface area (Å²) in [6.45, 7) is 3.77. The second kappa shape index (κ2) is 14.2. The van der Waals surface area contributed by atoms with Crippen molar-refractivity contribution in [2.45, 2.75) is 89.8 Å². The van der Waals surface area contributed by atoms with Gasteiger partial charge in [0, 0.05) is 19.6 Å².